The van der Waals surface area contributed by atoms with Crippen LogP contribution in [0, 0.1) is 6.92 Å². The van der Waals surface area contributed by atoms with E-state index in [1.54, 1.807) is 27.0 Å². The number of aromatic nitrogens is 4. The first-order chi connectivity index (χ1) is 14.2. The monoisotopic (exact) mass is 418 g/mol. The second-order valence-corrected chi connectivity index (χ2v) is 8.58. The summed E-state index contributed by atoms with van der Waals surface area (Å²) >= 11 is 0. The fourth-order valence-electron chi connectivity index (χ4n) is 3.72. The summed E-state index contributed by atoms with van der Waals surface area (Å²) in [4.78, 5) is 24.3. The van der Waals surface area contributed by atoms with Crippen molar-refractivity contribution in [2.45, 2.75) is 58.5 Å². The van der Waals surface area contributed by atoms with E-state index in [0.29, 0.717) is 18.8 Å². The van der Waals surface area contributed by atoms with Gasteiger partial charge in [-0.25, -0.2) is 23.8 Å². The summed E-state index contributed by atoms with van der Waals surface area (Å²) in [6.07, 6.45) is 1.01. The zero-order valence-corrected chi connectivity index (χ0v) is 17.7. The van der Waals surface area contributed by atoms with Crippen molar-refractivity contribution in [2.75, 3.05) is 24.5 Å². The van der Waals surface area contributed by atoms with Crippen LogP contribution in [0.4, 0.5) is 20.8 Å². The summed E-state index contributed by atoms with van der Waals surface area (Å²) in [5.41, 5.74) is 0.129. The predicted molar refractivity (Wildman–Crippen MR) is 108 cm³/mol. The summed E-state index contributed by atoms with van der Waals surface area (Å²) in [6.45, 7) is 9.05. The average molecular weight is 418 g/mol. The normalized spacial score (nSPS) is 21.5. The molecule has 0 aliphatic carbocycles. The molecule has 0 spiro atoms. The SMILES string of the molecule is Cc1c(O[C@H]2CCN(C(=O)OC(C)(C)C)C[C@H]2F)ncnc1N1CCn2nccc21. The zero-order chi connectivity index (χ0) is 21.5. The molecule has 0 aromatic carbocycles. The number of anilines is 2. The fraction of sp³-hybridized carbons (Fsp3) is 0.600. The van der Waals surface area contributed by atoms with Gasteiger partial charge in [-0.1, -0.05) is 0 Å². The highest BCUT2D eigenvalue weighted by Gasteiger charge is 2.36. The number of carbonyl (C=O) groups excluding carboxylic acids is 1. The molecule has 10 heteroatoms. The van der Waals surface area contributed by atoms with Crippen LogP contribution in [0.5, 0.6) is 5.88 Å². The highest BCUT2D eigenvalue weighted by Crippen LogP contribution is 2.33. The second kappa shape index (κ2) is 7.73. The molecule has 30 heavy (non-hydrogen) atoms. The zero-order valence-electron chi connectivity index (χ0n) is 17.7. The van der Waals surface area contributed by atoms with Crippen molar-refractivity contribution in [3.05, 3.63) is 24.2 Å². The molecule has 0 N–H and O–H groups in total. The van der Waals surface area contributed by atoms with E-state index >= 15 is 0 Å². The summed E-state index contributed by atoms with van der Waals surface area (Å²) < 4.78 is 28.0. The van der Waals surface area contributed by atoms with Crippen LogP contribution < -0.4 is 9.64 Å². The molecule has 1 saturated heterocycles. The Kier molecular flexibility index (Phi) is 5.25. The third kappa shape index (κ3) is 4.03. The van der Waals surface area contributed by atoms with Gasteiger partial charge in [0, 0.05) is 25.6 Å². The van der Waals surface area contributed by atoms with Crippen molar-refractivity contribution >= 4 is 17.7 Å². The standard InChI is InChI=1S/C20H27FN6O3/c1-13-17(26-9-10-27-16(26)5-7-24-27)22-12-23-18(13)29-15-6-8-25(11-14(15)21)19(28)30-20(2,3)4/h5,7,12,14-15H,6,8-11H2,1-4H3/t14-,15+/m1/s1. The van der Waals surface area contributed by atoms with E-state index in [-0.39, 0.29) is 6.54 Å². The summed E-state index contributed by atoms with van der Waals surface area (Å²) in [5, 5.41) is 4.28. The minimum atomic E-state index is -1.34. The Morgan fingerprint density at radius 2 is 2.03 bits per heavy atom. The van der Waals surface area contributed by atoms with Crippen LogP contribution in [0.25, 0.3) is 0 Å². The lowest BCUT2D eigenvalue weighted by Crippen LogP contribution is -2.50. The molecule has 2 aliphatic rings. The van der Waals surface area contributed by atoms with Crippen LogP contribution in [0.3, 0.4) is 0 Å². The molecule has 2 aromatic rings. The van der Waals surface area contributed by atoms with Crippen molar-refractivity contribution in [1.29, 1.82) is 0 Å². The van der Waals surface area contributed by atoms with Crippen LogP contribution in [-0.2, 0) is 11.3 Å². The minimum absolute atomic E-state index is 0.0676. The van der Waals surface area contributed by atoms with Gasteiger partial charge in [0.2, 0.25) is 5.88 Å². The lowest BCUT2D eigenvalue weighted by molar-refractivity contribution is -0.0116. The van der Waals surface area contributed by atoms with Gasteiger partial charge >= 0.3 is 6.09 Å². The minimum Gasteiger partial charge on any atom is -0.471 e. The van der Waals surface area contributed by atoms with Gasteiger partial charge in [-0.3, -0.25) is 0 Å². The Bertz CT molecular complexity index is 928. The number of halogens is 1. The van der Waals surface area contributed by atoms with E-state index < -0.39 is 24.0 Å². The van der Waals surface area contributed by atoms with Crippen molar-refractivity contribution < 1.29 is 18.7 Å². The number of alkyl halides is 1. The second-order valence-electron chi connectivity index (χ2n) is 8.58. The maximum Gasteiger partial charge on any atom is 0.410 e. The van der Waals surface area contributed by atoms with Gasteiger partial charge in [-0.15, -0.1) is 0 Å². The number of hydrogen-bond donors (Lipinski definition) is 0. The maximum absolute atomic E-state index is 14.8. The van der Waals surface area contributed by atoms with Crippen LogP contribution >= 0.6 is 0 Å². The molecule has 0 bridgehead atoms. The molecule has 4 rings (SSSR count). The van der Waals surface area contributed by atoms with Crippen molar-refractivity contribution in [2.24, 2.45) is 0 Å². The van der Waals surface area contributed by atoms with Crippen molar-refractivity contribution in [3.63, 3.8) is 0 Å². The molecule has 9 nitrogen and oxygen atoms in total. The quantitative estimate of drug-likeness (QED) is 0.758. The van der Waals surface area contributed by atoms with Crippen LogP contribution in [0.2, 0.25) is 0 Å². The number of likely N-dealkylation sites (tertiary alicyclic amines) is 1. The van der Waals surface area contributed by atoms with Gasteiger partial charge in [0.05, 0.1) is 24.8 Å². The maximum atomic E-state index is 14.8. The van der Waals surface area contributed by atoms with Gasteiger partial charge in [0.1, 0.15) is 29.7 Å². The van der Waals surface area contributed by atoms with Gasteiger partial charge < -0.3 is 19.3 Å². The van der Waals surface area contributed by atoms with E-state index in [4.69, 9.17) is 9.47 Å². The van der Waals surface area contributed by atoms with Gasteiger partial charge in [0.15, 0.2) is 6.17 Å². The number of fused-ring (bicyclic) bond motifs is 1. The molecule has 0 saturated carbocycles. The highest BCUT2D eigenvalue weighted by atomic mass is 19.1. The summed E-state index contributed by atoms with van der Waals surface area (Å²) in [5.74, 6) is 2.04. The van der Waals surface area contributed by atoms with Gasteiger partial charge in [-0.05, 0) is 27.7 Å². The first kappa shape index (κ1) is 20.4. The molecule has 2 aromatic heterocycles. The Labute approximate surface area is 174 Å². The molecule has 0 radical (unpaired) electrons. The summed E-state index contributed by atoms with van der Waals surface area (Å²) in [6, 6.07) is 1.93. The molecular weight excluding hydrogens is 391 g/mol. The van der Waals surface area contributed by atoms with E-state index in [1.807, 2.05) is 17.7 Å². The van der Waals surface area contributed by atoms with E-state index in [9.17, 15) is 9.18 Å². The molecule has 4 heterocycles. The van der Waals surface area contributed by atoms with Crippen LogP contribution in [-0.4, -0.2) is 68.3 Å². The highest BCUT2D eigenvalue weighted by molar-refractivity contribution is 5.68. The van der Waals surface area contributed by atoms with E-state index in [0.717, 1.165) is 30.3 Å². The Balaban J connectivity index is 1.44. The number of carbonyl (C=O) groups is 1. The Hall–Kier alpha value is -2.91. The lowest BCUT2D eigenvalue weighted by atomic mass is 10.1. The molecule has 162 valence electrons. The van der Waals surface area contributed by atoms with Crippen LogP contribution in [0.1, 0.15) is 32.8 Å². The number of rotatable bonds is 3. The van der Waals surface area contributed by atoms with E-state index in [2.05, 4.69) is 20.0 Å². The third-order valence-corrected chi connectivity index (χ3v) is 5.17. The molecular formula is C20H27FN6O3. The topological polar surface area (TPSA) is 85.6 Å². The molecule has 1 amide bonds. The number of piperidine rings is 1. The van der Waals surface area contributed by atoms with Crippen molar-refractivity contribution in [1.82, 2.24) is 24.6 Å². The summed E-state index contributed by atoms with van der Waals surface area (Å²) in [7, 11) is 0. The van der Waals surface area contributed by atoms with Crippen molar-refractivity contribution in [3.8, 4) is 5.88 Å². The Morgan fingerprint density at radius 1 is 1.23 bits per heavy atom. The molecule has 0 unspecified atom stereocenters. The van der Waals surface area contributed by atoms with Gasteiger partial charge in [0.25, 0.3) is 0 Å². The Morgan fingerprint density at radius 3 is 2.77 bits per heavy atom. The smallest absolute Gasteiger partial charge is 0.410 e. The predicted octanol–water partition coefficient (Wildman–Crippen LogP) is 2.86. The largest absolute Gasteiger partial charge is 0.471 e. The number of ether oxygens (including phenoxy) is 2. The third-order valence-electron chi connectivity index (χ3n) is 5.17. The molecule has 2 atom stereocenters. The number of amides is 1. The lowest BCUT2D eigenvalue weighted by Gasteiger charge is -2.35. The molecule has 2 aliphatic heterocycles. The van der Waals surface area contributed by atoms with Gasteiger partial charge in [-0.2, -0.15) is 5.10 Å². The number of nitrogens with zero attached hydrogens (tertiary/aromatic N) is 6. The molecule has 1 fully saturated rings. The number of hydrogen-bond acceptors (Lipinski definition) is 7. The fourth-order valence-corrected chi connectivity index (χ4v) is 3.72. The van der Waals surface area contributed by atoms with Crippen LogP contribution in [0.15, 0.2) is 18.6 Å². The first-order valence-corrected chi connectivity index (χ1v) is 10.1. The van der Waals surface area contributed by atoms with E-state index in [1.165, 1.54) is 11.2 Å². The average Bonchev–Trinajstić information content (AvgIpc) is 3.27. The first-order valence-electron chi connectivity index (χ1n) is 10.1.